The number of benzene rings is 8. The Labute approximate surface area is 318 Å². The van der Waals surface area contributed by atoms with Crippen LogP contribution in [-0.2, 0) is 5.41 Å². The first-order valence-corrected chi connectivity index (χ1v) is 17.5. The van der Waals surface area contributed by atoms with Crippen LogP contribution in [0.2, 0.25) is 0 Å². The summed E-state index contributed by atoms with van der Waals surface area (Å²) in [6.45, 7) is 4.28. The average Bonchev–Trinajstić information content (AvgIpc) is 3.50. The Hall–Kier alpha value is -6.44. The van der Waals surface area contributed by atoms with Gasteiger partial charge in [0.05, 0.1) is 11.0 Å². The number of fused-ring (bicyclic) bond motifs is 3. The zero-order chi connectivity index (χ0) is 42.0. The standard InChI is InChI=1S/C51H39N/c1-51(2)49-34-43(42-20-18-39(19-21-42)36-12-6-3-7-13-36)26-32-47(49)48-33-31-46(35-50(48)51)52(44-27-22-40(23-28-44)37-14-8-4-9-15-37)45-29-24-41(25-30-45)38-16-10-5-11-17-38/h3-35H,1-2H3/i22D,23D,24D,25D,27D,28D,29D,30D. The fourth-order valence-corrected chi connectivity index (χ4v) is 7.23. The van der Waals surface area contributed by atoms with Gasteiger partial charge in [-0.25, -0.2) is 0 Å². The molecular formula is C51H39N. The summed E-state index contributed by atoms with van der Waals surface area (Å²) in [6, 6.07) is 46.0. The highest BCUT2D eigenvalue weighted by molar-refractivity contribution is 5.88. The van der Waals surface area contributed by atoms with Crippen molar-refractivity contribution in [2.45, 2.75) is 19.3 Å². The molecule has 0 saturated carbocycles. The summed E-state index contributed by atoms with van der Waals surface area (Å²) >= 11 is 0. The molecule has 52 heavy (non-hydrogen) atoms. The molecule has 0 bridgehead atoms. The maximum absolute atomic E-state index is 9.43. The number of rotatable bonds is 7. The van der Waals surface area contributed by atoms with E-state index in [-0.39, 0.29) is 70.8 Å². The first kappa shape index (κ1) is 23.9. The molecule has 1 heteroatoms. The summed E-state index contributed by atoms with van der Waals surface area (Å²) in [6.07, 6.45) is 0. The number of nitrogens with zero attached hydrogens (tertiary/aromatic N) is 1. The summed E-state index contributed by atoms with van der Waals surface area (Å²) in [7, 11) is 0. The first-order chi connectivity index (χ1) is 28.9. The minimum absolute atomic E-state index is 0.129. The van der Waals surface area contributed by atoms with Crippen LogP contribution in [0.5, 0.6) is 0 Å². The SMILES string of the molecule is [2H]c1c([2H])c(N(c2ccc3c(c2)C(C)(C)c2cc(-c4ccc(-c5ccccc5)cc4)ccc2-3)c2c([2H])c([2H])c(-c3ccccc3)c([2H])c2[2H])c([2H])c([2H])c1-c1ccccc1. The van der Waals surface area contributed by atoms with E-state index < -0.39 is 5.41 Å². The Morgan fingerprint density at radius 3 is 1.19 bits per heavy atom. The zero-order valence-electron chi connectivity index (χ0n) is 36.9. The first-order valence-electron chi connectivity index (χ1n) is 21.5. The van der Waals surface area contributed by atoms with Gasteiger partial charge in [0.25, 0.3) is 0 Å². The van der Waals surface area contributed by atoms with E-state index in [4.69, 9.17) is 0 Å². The van der Waals surface area contributed by atoms with Crippen molar-refractivity contribution in [3.05, 3.63) is 211 Å². The second kappa shape index (κ2) is 13.0. The molecule has 1 aliphatic rings. The summed E-state index contributed by atoms with van der Waals surface area (Å²) in [5.41, 5.74) is 9.33. The van der Waals surface area contributed by atoms with Gasteiger partial charge >= 0.3 is 0 Å². The van der Waals surface area contributed by atoms with E-state index in [9.17, 15) is 11.0 Å². The molecule has 0 atom stereocenters. The molecule has 248 valence electrons. The van der Waals surface area contributed by atoms with Gasteiger partial charge in [0.2, 0.25) is 0 Å². The Morgan fingerprint density at radius 1 is 0.346 bits per heavy atom. The summed E-state index contributed by atoms with van der Waals surface area (Å²) in [5, 5.41) is 0. The molecule has 0 radical (unpaired) electrons. The van der Waals surface area contributed by atoms with Crippen molar-refractivity contribution in [3.8, 4) is 55.6 Å². The third-order valence-electron chi connectivity index (χ3n) is 10.0. The maximum Gasteiger partial charge on any atom is 0.0645 e. The van der Waals surface area contributed by atoms with Crippen molar-refractivity contribution in [2.75, 3.05) is 4.90 Å². The molecule has 0 fully saturated rings. The van der Waals surface area contributed by atoms with E-state index in [2.05, 4.69) is 68.4 Å². The topological polar surface area (TPSA) is 3.24 Å². The van der Waals surface area contributed by atoms with Crippen LogP contribution < -0.4 is 4.90 Å². The molecule has 1 nitrogen and oxygen atoms in total. The highest BCUT2D eigenvalue weighted by Crippen LogP contribution is 2.51. The van der Waals surface area contributed by atoms with Gasteiger partial charge in [0.1, 0.15) is 0 Å². The van der Waals surface area contributed by atoms with Gasteiger partial charge in [0, 0.05) is 22.5 Å². The molecule has 0 unspecified atom stereocenters. The van der Waals surface area contributed by atoms with Gasteiger partial charge in [-0.1, -0.05) is 171 Å². The van der Waals surface area contributed by atoms with Crippen LogP contribution in [-0.4, -0.2) is 0 Å². The third kappa shape index (κ3) is 5.71. The lowest BCUT2D eigenvalue weighted by molar-refractivity contribution is 0.660. The largest absolute Gasteiger partial charge is 0.310 e. The smallest absolute Gasteiger partial charge is 0.0645 e. The number of hydrogen-bond donors (Lipinski definition) is 0. The Kier molecular flexibility index (Phi) is 5.98. The molecule has 1 aliphatic carbocycles. The highest BCUT2D eigenvalue weighted by atomic mass is 15.1. The van der Waals surface area contributed by atoms with Crippen molar-refractivity contribution < 1.29 is 11.0 Å². The Balaban J connectivity index is 1.22. The van der Waals surface area contributed by atoms with E-state index in [0.29, 0.717) is 16.8 Å². The molecule has 0 saturated heterocycles. The van der Waals surface area contributed by atoms with Crippen molar-refractivity contribution in [1.82, 2.24) is 0 Å². The normalized spacial score (nSPS) is 14.7. The minimum atomic E-state index is -0.538. The van der Waals surface area contributed by atoms with Crippen LogP contribution in [0.3, 0.4) is 0 Å². The lowest BCUT2D eigenvalue weighted by Crippen LogP contribution is -2.16. The van der Waals surface area contributed by atoms with Gasteiger partial charge in [-0.15, -0.1) is 0 Å². The molecule has 0 aliphatic heterocycles. The maximum atomic E-state index is 9.43. The van der Waals surface area contributed by atoms with Crippen LogP contribution in [0.1, 0.15) is 35.9 Å². The van der Waals surface area contributed by atoms with E-state index in [1.807, 2.05) is 42.5 Å². The summed E-state index contributed by atoms with van der Waals surface area (Å²) < 4.78 is 74.5. The fraction of sp³-hybridized carbons (Fsp3) is 0.0588. The molecule has 0 aromatic heterocycles. The van der Waals surface area contributed by atoms with E-state index in [1.165, 1.54) is 4.90 Å². The molecule has 0 amide bonds. The van der Waals surface area contributed by atoms with Crippen LogP contribution in [0.15, 0.2) is 200 Å². The van der Waals surface area contributed by atoms with Crippen LogP contribution in [0.25, 0.3) is 55.6 Å². The summed E-state index contributed by atoms with van der Waals surface area (Å²) in [4.78, 5) is 1.39. The second-order valence-corrected chi connectivity index (χ2v) is 13.6. The number of hydrogen-bond acceptors (Lipinski definition) is 1. The van der Waals surface area contributed by atoms with Gasteiger partial charge < -0.3 is 4.90 Å². The average molecular weight is 674 g/mol. The second-order valence-electron chi connectivity index (χ2n) is 13.6. The lowest BCUT2D eigenvalue weighted by atomic mass is 9.81. The van der Waals surface area contributed by atoms with Crippen LogP contribution in [0, 0.1) is 0 Å². The summed E-state index contributed by atoms with van der Waals surface area (Å²) in [5.74, 6) is 0. The minimum Gasteiger partial charge on any atom is -0.310 e. The third-order valence-corrected chi connectivity index (χ3v) is 10.0. The van der Waals surface area contributed by atoms with Gasteiger partial charge in [0.15, 0.2) is 0 Å². The Morgan fingerprint density at radius 2 is 0.712 bits per heavy atom. The molecule has 0 spiro atoms. The molecular weight excluding hydrogens is 627 g/mol. The van der Waals surface area contributed by atoms with Gasteiger partial charge in [-0.2, -0.15) is 0 Å². The van der Waals surface area contributed by atoms with E-state index in [1.54, 1.807) is 54.6 Å². The predicted octanol–water partition coefficient (Wildman–Crippen LogP) is 14.1. The fourth-order valence-electron chi connectivity index (χ4n) is 7.23. The van der Waals surface area contributed by atoms with Crippen LogP contribution in [0.4, 0.5) is 17.1 Å². The molecule has 0 heterocycles. The zero-order valence-corrected chi connectivity index (χ0v) is 28.9. The quantitative estimate of drug-likeness (QED) is 0.163. The van der Waals surface area contributed by atoms with Gasteiger partial charge in [-0.3, -0.25) is 0 Å². The van der Waals surface area contributed by atoms with Crippen LogP contribution >= 0.6 is 0 Å². The molecule has 8 aromatic carbocycles. The Bertz CT molecular complexity index is 2800. The molecule has 9 rings (SSSR count). The predicted molar refractivity (Wildman–Crippen MR) is 220 cm³/mol. The van der Waals surface area contributed by atoms with E-state index in [0.717, 1.165) is 44.5 Å². The van der Waals surface area contributed by atoms with Crippen molar-refractivity contribution in [3.63, 3.8) is 0 Å². The lowest BCUT2D eigenvalue weighted by Gasteiger charge is -2.28. The van der Waals surface area contributed by atoms with Gasteiger partial charge in [-0.05, 0) is 109 Å². The highest BCUT2D eigenvalue weighted by Gasteiger charge is 2.36. The molecule has 8 aromatic rings. The van der Waals surface area contributed by atoms with Crippen molar-refractivity contribution in [1.29, 1.82) is 0 Å². The van der Waals surface area contributed by atoms with Crippen molar-refractivity contribution >= 4 is 17.1 Å². The van der Waals surface area contributed by atoms with E-state index >= 15 is 0 Å². The number of anilines is 3. The molecule has 0 N–H and O–H groups in total. The monoisotopic (exact) mass is 673 g/mol. The van der Waals surface area contributed by atoms with Crippen molar-refractivity contribution in [2.24, 2.45) is 0 Å².